The van der Waals surface area contributed by atoms with E-state index in [-0.39, 0.29) is 0 Å². The number of para-hydroxylation sites is 1. The summed E-state index contributed by atoms with van der Waals surface area (Å²) in [6, 6.07) is 14.0. The number of methoxy groups -OCH3 is 1. The molecule has 0 atom stereocenters. The van der Waals surface area contributed by atoms with Crippen LogP contribution in [-0.2, 0) is 6.42 Å². The number of rotatable bonds is 6. The summed E-state index contributed by atoms with van der Waals surface area (Å²) in [5.74, 6) is 1.71. The summed E-state index contributed by atoms with van der Waals surface area (Å²) in [6.45, 7) is 2.73. The molecule has 3 rings (SSSR count). The fraction of sp³-hybridized carbons (Fsp3) is 0.211. The van der Waals surface area contributed by atoms with E-state index in [0.717, 1.165) is 41.5 Å². The normalized spacial score (nSPS) is 10.4. The van der Waals surface area contributed by atoms with Crippen molar-refractivity contribution in [2.45, 2.75) is 13.3 Å². The van der Waals surface area contributed by atoms with E-state index < -0.39 is 0 Å². The average molecular weight is 320 g/mol. The molecule has 0 saturated carbocycles. The van der Waals surface area contributed by atoms with E-state index in [1.54, 1.807) is 13.4 Å². The number of benzene rings is 1. The van der Waals surface area contributed by atoms with Crippen molar-refractivity contribution < 1.29 is 4.74 Å². The zero-order chi connectivity index (χ0) is 16.8. The van der Waals surface area contributed by atoms with E-state index in [0.29, 0.717) is 0 Å². The molecule has 122 valence electrons. The number of hydrogen-bond donors (Lipinski definition) is 1. The molecule has 0 radical (unpaired) electrons. The first kappa shape index (κ1) is 15.9. The van der Waals surface area contributed by atoms with Crippen molar-refractivity contribution in [2.24, 2.45) is 0 Å². The van der Waals surface area contributed by atoms with Crippen LogP contribution in [0.2, 0.25) is 0 Å². The van der Waals surface area contributed by atoms with E-state index in [4.69, 9.17) is 4.74 Å². The molecule has 24 heavy (non-hydrogen) atoms. The van der Waals surface area contributed by atoms with E-state index in [2.05, 4.69) is 26.3 Å². The third-order valence-electron chi connectivity index (χ3n) is 3.77. The molecule has 1 aromatic carbocycles. The Kier molecular flexibility index (Phi) is 5.01. The van der Waals surface area contributed by atoms with Crippen LogP contribution in [0.5, 0.6) is 5.75 Å². The minimum Gasteiger partial charge on any atom is -0.496 e. The Balaban J connectivity index is 1.66. The Morgan fingerprint density at radius 3 is 2.71 bits per heavy atom. The molecule has 0 fully saturated rings. The molecule has 0 spiro atoms. The van der Waals surface area contributed by atoms with Crippen molar-refractivity contribution in [2.75, 3.05) is 19.0 Å². The largest absolute Gasteiger partial charge is 0.496 e. The first-order valence-corrected chi connectivity index (χ1v) is 7.87. The smallest absolute Gasteiger partial charge is 0.129 e. The van der Waals surface area contributed by atoms with Crippen LogP contribution in [0.3, 0.4) is 0 Å². The van der Waals surface area contributed by atoms with Gasteiger partial charge in [0.05, 0.1) is 12.8 Å². The summed E-state index contributed by atoms with van der Waals surface area (Å²) < 4.78 is 5.37. The highest BCUT2D eigenvalue weighted by Gasteiger charge is 2.04. The molecule has 0 aliphatic heterocycles. The van der Waals surface area contributed by atoms with Gasteiger partial charge in [0.1, 0.15) is 17.9 Å². The molecule has 0 unspecified atom stereocenters. The van der Waals surface area contributed by atoms with Gasteiger partial charge in [0.25, 0.3) is 0 Å². The molecule has 0 aliphatic rings. The fourth-order valence-corrected chi connectivity index (χ4v) is 2.47. The van der Waals surface area contributed by atoms with Gasteiger partial charge in [-0.2, -0.15) is 0 Å². The molecule has 2 aromatic heterocycles. The van der Waals surface area contributed by atoms with Gasteiger partial charge in [-0.05, 0) is 37.1 Å². The standard InChI is InChI=1S/C19H20N4O/c1-14-7-8-16(12-21-14)17-11-19(23-13-22-17)20-10-9-15-5-3-4-6-18(15)24-2/h3-8,11-13H,9-10H2,1-2H3,(H,20,22,23). The molecule has 1 N–H and O–H groups in total. The zero-order valence-electron chi connectivity index (χ0n) is 13.9. The van der Waals surface area contributed by atoms with Gasteiger partial charge >= 0.3 is 0 Å². The zero-order valence-corrected chi connectivity index (χ0v) is 13.9. The number of anilines is 1. The van der Waals surface area contributed by atoms with Crippen molar-refractivity contribution in [3.05, 3.63) is 66.2 Å². The average Bonchev–Trinajstić information content (AvgIpc) is 2.63. The number of hydrogen-bond acceptors (Lipinski definition) is 5. The molecule has 0 saturated heterocycles. The lowest BCUT2D eigenvalue weighted by Gasteiger charge is -2.10. The minimum atomic E-state index is 0.767. The van der Waals surface area contributed by atoms with Crippen LogP contribution in [0, 0.1) is 6.92 Å². The summed E-state index contributed by atoms with van der Waals surface area (Å²) >= 11 is 0. The first-order chi connectivity index (χ1) is 11.8. The first-order valence-electron chi connectivity index (χ1n) is 7.87. The van der Waals surface area contributed by atoms with Crippen LogP contribution < -0.4 is 10.1 Å². The van der Waals surface area contributed by atoms with Crippen molar-refractivity contribution in [1.29, 1.82) is 0 Å². The van der Waals surface area contributed by atoms with E-state index >= 15 is 0 Å². The molecule has 0 bridgehead atoms. The highest BCUT2D eigenvalue weighted by atomic mass is 16.5. The number of nitrogens with zero attached hydrogens (tertiary/aromatic N) is 3. The quantitative estimate of drug-likeness (QED) is 0.753. The Morgan fingerprint density at radius 2 is 1.92 bits per heavy atom. The van der Waals surface area contributed by atoms with Gasteiger partial charge in [0.2, 0.25) is 0 Å². The van der Waals surface area contributed by atoms with Gasteiger partial charge < -0.3 is 10.1 Å². The molecule has 0 aliphatic carbocycles. The molecule has 0 amide bonds. The van der Waals surface area contributed by atoms with Crippen LogP contribution in [0.15, 0.2) is 55.0 Å². The van der Waals surface area contributed by atoms with Crippen molar-refractivity contribution in [3.63, 3.8) is 0 Å². The molecular weight excluding hydrogens is 300 g/mol. The fourth-order valence-electron chi connectivity index (χ4n) is 2.47. The maximum Gasteiger partial charge on any atom is 0.129 e. The number of ether oxygens (including phenoxy) is 1. The predicted octanol–water partition coefficient (Wildman–Crippen LogP) is 3.51. The number of pyridine rings is 1. The van der Waals surface area contributed by atoms with E-state index in [9.17, 15) is 0 Å². The van der Waals surface area contributed by atoms with Gasteiger partial charge in [-0.15, -0.1) is 0 Å². The number of aryl methyl sites for hydroxylation is 1. The third-order valence-corrected chi connectivity index (χ3v) is 3.77. The predicted molar refractivity (Wildman–Crippen MR) is 95.2 cm³/mol. The Labute approximate surface area is 141 Å². The van der Waals surface area contributed by atoms with Crippen LogP contribution in [0.4, 0.5) is 5.82 Å². The monoisotopic (exact) mass is 320 g/mol. The van der Waals surface area contributed by atoms with Gasteiger partial charge in [-0.25, -0.2) is 9.97 Å². The summed E-state index contributed by atoms with van der Waals surface area (Å²) in [6.07, 6.45) is 4.26. The lowest BCUT2D eigenvalue weighted by atomic mass is 10.1. The highest BCUT2D eigenvalue weighted by molar-refractivity contribution is 5.61. The maximum absolute atomic E-state index is 5.37. The summed E-state index contributed by atoms with van der Waals surface area (Å²) in [4.78, 5) is 12.9. The van der Waals surface area contributed by atoms with Crippen molar-refractivity contribution >= 4 is 5.82 Å². The topological polar surface area (TPSA) is 59.9 Å². The summed E-state index contributed by atoms with van der Waals surface area (Å²) in [5.41, 5.74) is 4.00. The number of nitrogens with one attached hydrogen (secondary N) is 1. The minimum absolute atomic E-state index is 0.767. The Morgan fingerprint density at radius 1 is 1.04 bits per heavy atom. The van der Waals surface area contributed by atoms with Gasteiger partial charge in [0, 0.05) is 30.1 Å². The highest BCUT2D eigenvalue weighted by Crippen LogP contribution is 2.19. The lowest BCUT2D eigenvalue weighted by Crippen LogP contribution is -2.07. The van der Waals surface area contributed by atoms with E-state index in [1.807, 2.05) is 49.5 Å². The second-order valence-electron chi connectivity index (χ2n) is 5.47. The van der Waals surface area contributed by atoms with Gasteiger partial charge in [0.15, 0.2) is 0 Å². The van der Waals surface area contributed by atoms with Crippen molar-refractivity contribution in [1.82, 2.24) is 15.0 Å². The second kappa shape index (κ2) is 7.55. The molecule has 3 aromatic rings. The van der Waals surface area contributed by atoms with Crippen LogP contribution in [0.1, 0.15) is 11.3 Å². The van der Waals surface area contributed by atoms with Crippen LogP contribution in [-0.4, -0.2) is 28.6 Å². The van der Waals surface area contributed by atoms with Gasteiger partial charge in [-0.1, -0.05) is 18.2 Å². The lowest BCUT2D eigenvalue weighted by molar-refractivity contribution is 0.410. The Bertz CT molecular complexity index is 802. The second-order valence-corrected chi connectivity index (χ2v) is 5.47. The molecule has 5 heteroatoms. The van der Waals surface area contributed by atoms with Crippen LogP contribution >= 0.6 is 0 Å². The van der Waals surface area contributed by atoms with E-state index in [1.165, 1.54) is 5.56 Å². The van der Waals surface area contributed by atoms with Gasteiger partial charge in [-0.3, -0.25) is 4.98 Å². The molecule has 5 nitrogen and oxygen atoms in total. The van der Waals surface area contributed by atoms with Crippen molar-refractivity contribution in [3.8, 4) is 17.0 Å². The number of aromatic nitrogens is 3. The maximum atomic E-state index is 5.37. The Hall–Kier alpha value is -2.95. The third kappa shape index (κ3) is 3.87. The SMILES string of the molecule is COc1ccccc1CCNc1cc(-c2ccc(C)nc2)ncn1. The van der Waals surface area contributed by atoms with Crippen LogP contribution in [0.25, 0.3) is 11.3 Å². The molecular formula is C19H20N4O. The summed E-state index contributed by atoms with van der Waals surface area (Å²) in [7, 11) is 1.69. The molecule has 2 heterocycles. The summed E-state index contributed by atoms with van der Waals surface area (Å²) in [5, 5.41) is 3.34.